The van der Waals surface area contributed by atoms with Gasteiger partial charge in [0, 0.05) is 21.7 Å². The second-order valence-electron chi connectivity index (χ2n) is 3.64. The Morgan fingerprint density at radius 3 is 2.85 bits per heavy atom. The minimum atomic E-state index is -3.82. The molecule has 0 saturated heterocycles. The van der Waals surface area contributed by atoms with Gasteiger partial charge in [0.05, 0.1) is 6.54 Å². The zero-order valence-corrected chi connectivity index (χ0v) is 13.1. The zero-order valence-electron chi connectivity index (χ0n) is 9.88. The molecule has 0 amide bonds. The number of hydrogen-bond donors (Lipinski definition) is 4. The molecule has 0 atom stereocenters. The van der Waals surface area contributed by atoms with Crippen LogP contribution in [0.1, 0.15) is 5.69 Å². The number of hydrazine groups is 1. The Morgan fingerprint density at radius 2 is 2.25 bits per heavy atom. The standard InChI is InChI=1S/C9H10BrN5O3S2/c10-5-1-7(8(15-11)12-2-5)20(17,18)13-3-6-4-19-9(16)14-6/h1-2,4,13H,3,11H2,(H,12,15)(H,14,16). The number of halogens is 1. The molecule has 0 aliphatic heterocycles. The second-order valence-corrected chi connectivity index (χ2v) is 7.14. The van der Waals surface area contributed by atoms with Gasteiger partial charge in [0.25, 0.3) is 0 Å². The molecule has 0 spiro atoms. The highest BCUT2D eigenvalue weighted by Crippen LogP contribution is 2.22. The van der Waals surface area contributed by atoms with Crippen LogP contribution in [0.2, 0.25) is 0 Å². The third-order valence-corrected chi connectivity index (χ3v) is 4.84. The largest absolute Gasteiger partial charge is 0.315 e. The van der Waals surface area contributed by atoms with Crippen molar-refractivity contribution in [3.05, 3.63) is 37.5 Å². The number of nitrogen functional groups attached to an aromatic ring is 1. The van der Waals surface area contributed by atoms with Crippen molar-refractivity contribution in [3.63, 3.8) is 0 Å². The Hall–Kier alpha value is -1.27. The van der Waals surface area contributed by atoms with Crippen LogP contribution < -0.4 is 20.9 Å². The van der Waals surface area contributed by atoms with Crippen molar-refractivity contribution in [2.75, 3.05) is 5.43 Å². The van der Waals surface area contributed by atoms with Crippen molar-refractivity contribution in [3.8, 4) is 0 Å². The van der Waals surface area contributed by atoms with E-state index < -0.39 is 10.0 Å². The number of H-pyrrole nitrogens is 1. The minimum absolute atomic E-state index is 0.0273. The van der Waals surface area contributed by atoms with E-state index >= 15 is 0 Å². The summed E-state index contributed by atoms with van der Waals surface area (Å²) in [6.45, 7) is -0.0302. The fourth-order valence-electron chi connectivity index (χ4n) is 1.38. The Bertz CT molecular complexity index is 770. The SMILES string of the molecule is NNc1ncc(Br)cc1S(=O)(=O)NCc1csc(=O)[nH]1. The molecule has 0 aliphatic carbocycles. The monoisotopic (exact) mass is 379 g/mol. The van der Waals surface area contributed by atoms with E-state index in [0.29, 0.717) is 10.2 Å². The molecule has 8 nitrogen and oxygen atoms in total. The van der Waals surface area contributed by atoms with E-state index in [1.165, 1.54) is 12.3 Å². The molecule has 5 N–H and O–H groups in total. The lowest BCUT2D eigenvalue weighted by molar-refractivity contribution is 0.580. The van der Waals surface area contributed by atoms with E-state index in [1.807, 2.05) is 0 Å². The van der Waals surface area contributed by atoms with Crippen LogP contribution in [-0.4, -0.2) is 18.4 Å². The third kappa shape index (κ3) is 3.43. The first-order chi connectivity index (χ1) is 9.42. The smallest absolute Gasteiger partial charge is 0.304 e. The Morgan fingerprint density at radius 1 is 1.50 bits per heavy atom. The minimum Gasteiger partial charge on any atom is -0.315 e. The molecule has 2 rings (SSSR count). The first kappa shape index (κ1) is 15.1. The summed E-state index contributed by atoms with van der Waals surface area (Å²) in [6.07, 6.45) is 1.42. The maximum Gasteiger partial charge on any atom is 0.304 e. The van der Waals surface area contributed by atoms with Crippen molar-refractivity contribution in [2.24, 2.45) is 5.84 Å². The van der Waals surface area contributed by atoms with E-state index in [0.717, 1.165) is 11.3 Å². The lowest BCUT2D eigenvalue weighted by atomic mass is 10.5. The molecular formula is C9H10BrN5O3S2. The zero-order chi connectivity index (χ0) is 14.8. The van der Waals surface area contributed by atoms with E-state index in [-0.39, 0.29) is 22.1 Å². The first-order valence-electron chi connectivity index (χ1n) is 5.21. The summed E-state index contributed by atoms with van der Waals surface area (Å²) < 4.78 is 27.2. The first-order valence-corrected chi connectivity index (χ1v) is 8.36. The lowest BCUT2D eigenvalue weighted by Gasteiger charge is -2.10. The molecule has 0 fully saturated rings. The molecule has 20 heavy (non-hydrogen) atoms. The lowest BCUT2D eigenvalue weighted by Crippen LogP contribution is -2.26. The number of pyridine rings is 1. The number of anilines is 1. The number of sulfonamides is 1. The van der Waals surface area contributed by atoms with Gasteiger partial charge in [-0.3, -0.25) is 4.79 Å². The van der Waals surface area contributed by atoms with Crippen LogP contribution in [0.4, 0.5) is 5.82 Å². The Balaban J connectivity index is 2.26. The summed E-state index contributed by atoms with van der Waals surface area (Å²) in [5.41, 5.74) is 2.70. The van der Waals surface area contributed by atoms with Crippen LogP contribution in [-0.2, 0) is 16.6 Å². The topological polar surface area (TPSA) is 130 Å². The van der Waals surface area contributed by atoms with Crippen LogP contribution in [0, 0.1) is 0 Å². The predicted octanol–water partition coefficient (Wildman–Crippen LogP) is 0.358. The molecule has 0 aromatic carbocycles. The molecule has 108 valence electrons. The number of hydrogen-bond acceptors (Lipinski definition) is 7. The summed E-state index contributed by atoms with van der Waals surface area (Å²) in [7, 11) is -3.82. The van der Waals surface area contributed by atoms with Gasteiger partial charge in [0.15, 0.2) is 5.82 Å². The van der Waals surface area contributed by atoms with Crippen molar-refractivity contribution in [2.45, 2.75) is 11.4 Å². The fourth-order valence-corrected chi connectivity index (χ4v) is 3.60. The average Bonchev–Trinajstić information content (AvgIpc) is 2.82. The Kier molecular flexibility index (Phi) is 4.55. The van der Waals surface area contributed by atoms with Crippen molar-refractivity contribution >= 4 is 43.1 Å². The van der Waals surface area contributed by atoms with Gasteiger partial charge in [-0.1, -0.05) is 11.3 Å². The second kappa shape index (κ2) is 6.01. The highest BCUT2D eigenvalue weighted by Gasteiger charge is 2.20. The molecule has 11 heteroatoms. The molecule has 0 aliphatic rings. The summed E-state index contributed by atoms with van der Waals surface area (Å²) in [6, 6.07) is 1.38. The molecule has 0 saturated carbocycles. The van der Waals surface area contributed by atoms with Gasteiger partial charge in [0.2, 0.25) is 10.0 Å². The maximum atomic E-state index is 12.2. The Labute approximate surface area is 126 Å². The number of nitrogens with two attached hydrogens (primary N) is 1. The summed E-state index contributed by atoms with van der Waals surface area (Å²) in [5.74, 6) is 5.27. The van der Waals surface area contributed by atoms with Crippen LogP contribution in [0.5, 0.6) is 0 Å². The van der Waals surface area contributed by atoms with E-state index in [4.69, 9.17) is 5.84 Å². The van der Waals surface area contributed by atoms with Gasteiger partial charge in [-0.25, -0.2) is 24.0 Å². The van der Waals surface area contributed by atoms with E-state index in [2.05, 4.69) is 36.0 Å². The molecule has 2 heterocycles. The van der Waals surface area contributed by atoms with Gasteiger partial charge >= 0.3 is 4.87 Å². The molecule has 0 unspecified atom stereocenters. The van der Waals surface area contributed by atoms with E-state index in [1.54, 1.807) is 5.38 Å². The fraction of sp³-hybridized carbons (Fsp3) is 0.111. The molecule has 0 radical (unpaired) electrons. The van der Waals surface area contributed by atoms with Gasteiger partial charge in [-0.05, 0) is 22.0 Å². The molecule has 0 bridgehead atoms. The highest BCUT2D eigenvalue weighted by atomic mass is 79.9. The third-order valence-electron chi connectivity index (χ3n) is 2.27. The quantitative estimate of drug-likeness (QED) is 0.438. The summed E-state index contributed by atoms with van der Waals surface area (Å²) in [5, 5.41) is 1.55. The number of rotatable bonds is 5. The maximum absolute atomic E-state index is 12.2. The number of nitrogens with one attached hydrogen (secondary N) is 3. The van der Waals surface area contributed by atoms with E-state index in [9.17, 15) is 13.2 Å². The van der Waals surface area contributed by atoms with Gasteiger partial charge < -0.3 is 10.4 Å². The van der Waals surface area contributed by atoms with Crippen LogP contribution in [0.15, 0.2) is 31.8 Å². The van der Waals surface area contributed by atoms with Crippen molar-refractivity contribution < 1.29 is 8.42 Å². The molecule has 2 aromatic heterocycles. The average molecular weight is 380 g/mol. The van der Waals surface area contributed by atoms with Crippen LogP contribution in [0.25, 0.3) is 0 Å². The van der Waals surface area contributed by atoms with Crippen molar-refractivity contribution in [1.29, 1.82) is 0 Å². The molecule has 2 aromatic rings. The van der Waals surface area contributed by atoms with Crippen LogP contribution in [0.3, 0.4) is 0 Å². The highest BCUT2D eigenvalue weighted by molar-refractivity contribution is 9.10. The van der Waals surface area contributed by atoms with Gasteiger partial charge in [-0.15, -0.1) is 0 Å². The van der Waals surface area contributed by atoms with Crippen molar-refractivity contribution in [1.82, 2.24) is 14.7 Å². The number of aromatic nitrogens is 2. The number of aromatic amines is 1. The molecular weight excluding hydrogens is 370 g/mol. The number of thiazole rings is 1. The normalized spacial score (nSPS) is 11.5. The predicted molar refractivity (Wildman–Crippen MR) is 78.7 cm³/mol. The van der Waals surface area contributed by atoms with Gasteiger partial charge in [-0.2, -0.15) is 0 Å². The summed E-state index contributed by atoms with van der Waals surface area (Å²) in [4.78, 5) is 17.0. The number of nitrogens with zero attached hydrogens (tertiary/aromatic N) is 1. The summed E-state index contributed by atoms with van der Waals surface area (Å²) >= 11 is 4.11. The van der Waals surface area contributed by atoms with Gasteiger partial charge in [0.1, 0.15) is 4.90 Å². The van der Waals surface area contributed by atoms with Crippen LogP contribution >= 0.6 is 27.3 Å².